The number of esters is 1. The van der Waals surface area contributed by atoms with Gasteiger partial charge in [0.1, 0.15) is 0 Å². The molecule has 0 bridgehead atoms. The number of hydrogen-bond donors (Lipinski definition) is 0. The third-order valence-corrected chi connectivity index (χ3v) is 2.89. The van der Waals surface area contributed by atoms with Crippen LogP contribution in [0.2, 0.25) is 5.02 Å². The van der Waals surface area contributed by atoms with E-state index in [-0.39, 0.29) is 11.6 Å². The lowest BCUT2D eigenvalue weighted by molar-refractivity contribution is -0.130. The summed E-state index contributed by atoms with van der Waals surface area (Å²) in [5, 5.41) is 0.546. The van der Waals surface area contributed by atoms with Crippen molar-refractivity contribution >= 4 is 29.5 Å². The molecule has 0 N–H and O–H groups in total. The molecule has 3 rings (SSSR count). The average Bonchev–Trinajstić information content (AvgIpc) is 3.02. The molecule has 0 spiro atoms. The molecule has 0 amide bonds. The number of rotatable bonds is 2. The number of carbonyl (C=O) groups excluding carboxylic acids is 1. The number of ether oxygens (including phenoxy) is 1. The van der Waals surface area contributed by atoms with Crippen LogP contribution in [0.4, 0.5) is 0 Å². The van der Waals surface area contributed by atoms with Gasteiger partial charge in [-0.3, -0.25) is 0 Å². The van der Waals surface area contributed by atoms with E-state index in [1.54, 1.807) is 30.3 Å². The first kappa shape index (κ1) is 11.7. The highest BCUT2D eigenvalue weighted by Gasteiger charge is 2.25. The standard InChI is InChI=1S/C14H8ClNO3/c15-10-5-2-1-4-9(10)8-11-14(17)19-13(16-11)12-6-3-7-18-12/h1-8H/b11-8+. The number of benzene rings is 1. The normalized spacial score (nSPS) is 16.6. The summed E-state index contributed by atoms with van der Waals surface area (Å²) in [4.78, 5) is 15.8. The molecule has 5 heteroatoms. The quantitative estimate of drug-likeness (QED) is 0.623. The molecule has 0 aliphatic carbocycles. The molecule has 0 unspecified atom stereocenters. The molecule has 0 saturated heterocycles. The van der Waals surface area contributed by atoms with E-state index < -0.39 is 5.97 Å². The van der Waals surface area contributed by atoms with Crippen molar-refractivity contribution in [2.75, 3.05) is 0 Å². The predicted molar refractivity (Wildman–Crippen MR) is 70.8 cm³/mol. The van der Waals surface area contributed by atoms with Crippen molar-refractivity contribution < 1.29 is 13.9 Å². The molecule has 1 aliphatic rings. The summed E-state index contributed by atoms with van der Waals surface area (Å²) in [5.41, 5.74) is 0.903. The minimum atomic E-state index is -0.522. The van der Waals surface area contributed by atoms with Crippen LogP contribution in [0.3, 0.4) is 0 Å². The lowest BCUT2D eigenvalue weighted by atomic mass is 10.2. The molecule has 1 aliphatic heterocycles. The van der Waals surface area contributed by atoms with Gasteiger partial charge in [0.25, 0.3) is 5.90 Å². The average molecular weight is 274 g/mol. The third kappa shape index (κ3) is 2.30. The van der Waals surface area contributed by atoms with Crippen molar-refractivity contribution in [2.24, 2.45) is 4.99 Å². The number of cyclic esters (lactones) is 1. The number of halogens is 1. The Balaban J connectivity index is 1.98. The van der Waals surface area contributed by atoms with Crippen molar-refractivity contribution in [1.29, 1.82) is 0 Å². The van der Waals surface area contributed by atoms with Gasteiger partial charge in [0.05, 0.1) is 6.26 Å². The Hall–Kier alpha value is -2.33. The Morgan fingerprint density at radius 1 is 1.16 bits per heavy atom. The Bertz CT molecular complexity index is 686. The van der Waals surface area contributed by atoms with E-state index in [1.165, 1.54) is 6.26 Å². The summed E-state index contributed by atoms with van der Waals surface area (Å²) in [7, 11) is 0. The van der Waals surface area contributed by atoms with E-state index >= 15 is 0 Å². The Kier molecular flexibility index (Phi) is 2.93. The van der Waals surface area contributed by atoms with Crippen LogP contribution in [0.1, 0.15) is 11.3 Å². The van der Waals surface area contributed by atoms with E-state index in [2.05, 4.69) is 4.99 Å². The zero-order chi connectivity index (χ0) is 13.2. The Morgan fingerprint density at radius 2 is 2.00 bits per heavy atom. The van der Waals surface area contributed by atoms with E-state index in [0.29, 0.717) is 16.3 Å². The number of carbonyl (C=O) groups is 1. The Morgan fingerprint density at radius 3 is 2.74 bits per heavy atom. The molecule has 4 nitrogen and oxygen atoms in total. The van der Waals surface area contributed by atoms with Crippen LogP contribution in [-0.2, 0) is 9.53 Å². The highest BCUT2D eigenvalue weighted by atomic mass is 35.5. The smallest absolute Gasteiger partial charge is 0.363 e. The lowest BCUT2D eigenvalue weighted by Gasteiger charge is -1.96. The largest absolute Gasteiger partial charge is 0.459 e. The van der Waals surface area contributed by atoms with Gasteiger partial charge >= 0.3 is 5.97 Å². The summed E-state index contributed by atoms with van der Waals surface area (Å²) in [5.74, 6) is 0.0514. The summed E-state index contributed by atoms with van der Waals surface area (Å²) in [6, 6.07) is 10.5. The monoisotopic (exact) mass is 273 g/mol. The number of furan rings is 1. The molecule has 2 heterocycles. The van der Waals surface area contributed by atoms with Crippen molar-refractivity contribution in [2.45, 2.75) is 0 Å². The first-order chi connectivity index (χ1) is 9.24. The van der Waals surface area contributed by atoms with Crippen LogP contribution < -0.4 is 0 Å². The summed E-state index contributed by atoms with van der Waals surface area (Å²) < 4.78 is 10.2. The number of nitrogens with zero attached hydrogens (tertiary/aromatic N) is 1. The van der Waals surface area contributed by atoms with Gasteiger partial charge in [-0.2, -0.15) is 0 Å². The van der Waals surface area contributed by atoms with Gasteiger partial charge in [-0.15, -0.1) is 0 Å². The second kappa shape index (κ2) is 4.74. The van der Waals surface area contributed by atoms with E-state index in [4.69, 9.17) is 20.8 Å². The second-order valence-corrected chi connectivity index (χ2v) is 4.24. The van der Waals surface area contributed by atoms with Crippen LogP contribution >= 0.6 is 11.6 Å². The minimum absolute atomic E-state index is 0.160. The van der Waals surface area contributed by atoms with Gasteiger partial charge in [-0.05, 0) is 29.8 Å². The van der Waals surface area contributed by atoms with Crippen molar-refractivity contribution in [3.05, 3.63) is 64.7 Å². The van der Waals surface area contributed by atoms with Gasteiger partial charge in [0.15, 0.2) is 11.5 Å². The predicted octanol–water partition coefficient (Wildman–Crippen LogP) is 3.28. The molecular formula is C14H8ClNO3. The SMILES string of the molecule is O=C1OC(c2ccco2)=N/C1=C/c1ccccc1Cl. The van der Waals surface area contributed by atoms with Gasteiger partial charge in [-0.1, -0.05) is 29.8 Å². The third-order valence-electron chi connectivity index (χ3n) is 2.55. The minimum Gasteiger partial charge on any atom is -0.459 e. The number of hydrogen-bond acceptors (Lipinski definition) is 4. The molecule has 0 saturated carbocycles. The van der Waals surface area contributed by atoms with Gasteiger partial charge in [-0.25, -0.2) is 9.79 Å². The maximum Gasteiger partial charge on any atom is 0.363 e. The van der Waals surface area contributed by atoms with Crippen molar-refractivity contribution in [3.63, 3.8) is 0 Å². The molecule has 0 radical (unpaired) electrons. The fraction of sp³-hybridized carbons (Fsp3) is 0. The van der Waals surface area contributed by atoms with Crippen LogP contribution in [0.5, 0.6) is 0 Å². The van der Waals surface area contributed by atoms with Gasteiger partial charge in [0, 0.05) is 5.02 Å². The first-order valence-corrected chi connectivity index (χ1v) is 5.93. The molecule has 0 fully saturated rings. The zero-order valence-corrected chi connectivity index (χ0v) is 10.4. The van der Waals surface area contributed by atoms with E-state index in [9.17, 15) is 4.79 Å². The second-order valence-electron chi connectivity index (χ2n) is 3.83. The highest BCUT2D eigenvalue weighted by molar-refractivity contribution is 6.32. The topological polar surface area (TPSA) is 51.8 Å². The maximum atomic E-state index is 11.7. The summed E-state index contributed by atoms with van der Waals surface area (Å²) >= 11 is 6.02. The van der Waals surface area contributed by atoms with E-state index in [0.717, 1.165) is 0 Å². The van der Waals surface area contributed by atoms with Crippen LogP contribution in [0.25, 0.3) is 6.08 Å². The fourth-order valence-electron chi connectivity index (χ4n) is 1.65. The molecule has 1 aromatic carbocycles. The van der Waals surface area contributed by atoms with Crippen LogP contribution in [0, 0.1) is 0 Å². The van der Waals surface area contributed by atoms with Crippen molar-refractivity contribution in [3.8, 4) is 0 Å². The zero-order valence-electron chi connectivity index (χ0n) is 9.67. The van der Waals surface area contributed by atoms with Crippen LogP contribution in [0.15, 0.2) is 57.8 Å². The van der Waals surface area contributed by atoms with Gasteiger partial charge < -0.3 is 9.15 Å². The Labute approximate surface area is 114 Å². The molecule has 94 valence electrons. The maximum absolute atomic E-state index is 11.7. The molecule has 2 aromatic rings. The van der Waals surface area contributed by atoms with E-state index in [1.807, 2.05) is 12.1 Å². The van der Waals surface area contributed by atoms with Gasteiger partial charge in [0.2, 0.25) is 0 Å². The highest BCUT2D eigenvalue weighted by Crippen LogP contribution is 2.22. The molecule has 0 atom stereocenters. The molecular weight excluding hydrogens is 266 g/mol. The first-order valence-electron chi connectivity index (χ1n) is 5.55. The molecule has 1 aromatic heterocycles. The fourth-order valence-corrected chi connectivity index (χ4v) is 1.84. The summed E-state index contributed by atoms with van der Waals surface area (Å²) in [6.07, 6.45) is 3.07. The van der Waals surface area contributed by atoms with Crippen molar-refractivity contribution in [1.82, 2.24) is 0 Å². The van der Waals surface area contributed by atoms with Crippen LogP contribution in [-0.4, -0.2) is 11.9 Å². The lowest BCUT2D eigenvalue weighted by Crippen LogP contribution is -2.04. The summed E-state index contributed by atoms with van der Waals surface area (Å²) in [6.45, 7) is 0. The number of aliphatic imine (C=N–C) groups is 1. The molecule has 19 heavy (non-hydrogen) atoms.